The highest BCUT2D eigenvalue weighted by Crippen LogP contribution is 2.25. The minimum Gasteiger partial charge on any atom is -0.449 e. The lowest BCUT2D eigenvalue weighted by atomic mass is 10.1. The number of fused-ring (bicyclic) bond motifs is 1. The number of esters is 1. The van der Waals surface area contributed by atoms with E-state index in [-0.39, 0.29) is 17.9 Å². The van der Waals surface area contributed by atoms with E-state index in [4.69, 9.17) is 4.74 Å². The fourth-order valence-electron chi connectivity index (χ4n) is 2.52. The molecule has 0 aliphatic rings. The van der Waals surface area contributed by atoms with Gasteiger partial charge in [0.15, 0.2) is 11.8 Å². The lowest BCUT2D eigenvalue weighted by molar-refractivity contribution is -0.137. The standard InChI is InChI=1S/C18H26N4O3/c1-10(2)15-8-13(18(24)25-12(5)17(23)21(6)7)14-9-19-22(11(3)4)16(14)20-15/h8-12H,1-7H3/t12-/m0/s1. The number of hydrogen-bond acceptors (Lipinski definition) is 5. The van der Waals surface area contributed by atoms with Crippen LogP contribution < -0.4 is 0 Å². The van der Waals surface area contributed by atoms with Gasteiger partial charge in [-0.3, -0.25) is 4.79 Å². The Morgan fingerprint density at radius 2 is 1.80 bits per heavy atom. The van der Waals surface area contributed by atoms with Gasteiger partial charge >= 0.3 is 5.97 Å². The van der Waals surface area contributed by atoms with Crippen molar-refractivity contribution in [1.82, 2.24) is 19.7 Å². The largest absolute Gasteiger partial charge is 0.449 e. The maximum Gasteiger partial charge on any atom is 0.339 e. The summed E-state index contributed by atoms with van der Waals surface area (Å²) in [6, 6.07) is 1.85. The van der Waals surface area contributed by atoms with Crippen LogP contribution in [0.5, 0.6) is 0 Å². The molecule has 1 atom stereocenters. The molecule has 7 heteroatoms. The number of amides is 1. The molecule has 0 aliphatic heterocycles. The normalized spacial score (nSPS) is 12.7. The van der Waals surface area contributed by atoms with E-state index < -0.39 is 12.1 Å². The summed E-state index contributed by atoms with van der Waals surface area (Å²) in [6.45, 7) is 9.60. The Morgan fingerprint density at radius 3 is 2.32 bits per heavy atom. The Bertz CT molecular complexity index is 793. The number of aromatic nitrogens is 3. The average Bonchev–Trinajstić information content (AvgIpc) is 2.96. The zero-order chi connectivity index (χ0) is 18.9. The van der Waals surface area contributed by atoms with Gasteiger partial charge in [0.05, 0.1) is 17.1 Å². The van der Waals surface area contributed by atoms with Gasteiger partial charge in [0, 0.05) is 25.8 Å². The predicted molar refractivity (Wildman–Crippen MR) is 95.6 cm³/mol. The van der Waals surface area contributed by atoms with E-state index in [0.717, 1.165) is 5.69 Å². The minimum absolute atomic E-state index is 0.116. The first-order valence-corrected chi connectivity index (χ1v) is 8.43. The van der Waals surface area contributed by atoms with E-state index in [1.54, 1.807) is 38.0 Å². The Kier molecular flexibility index (Phi) is 5.45. The summed E-state index contributed by atoms with van der Waals surface area (Å²) in [6.07, 6.45) is 0.773. The quantitative estimate of drug-likeness (QED) is 0.778. The summed E-state index contributed by atoms with van der Waals surface area (Å²) in [5, 5.41) is 4.98. The van der Waals surface area contributed by atoms with Gasteiger partial charge in [-0.15, -0.1) is 0 Å². The summed E-state index contributed by atoms with van der Waals surface area (Å²) in [5.41, 5.74) is 1.83. The molecule has 0 N–H and O–H groups in total. The fourth-order valence-corrected chi connectivity index (χ4v) is 2.52. The molecule has 2 rings (SSSR count). The molecule has 2 heterocycles. The van der Waals surface area contributed by atoms with Crippen molar-refractivity contribution in [3.8, 4) is 0 Å². The van der Waals surface area contributed by atoms with E-state index in [1.807, 2.05) is 27.7 Å². The summed E-state index contributed by atoms with van der Waals surface area (Å²) < 4.78 is 7.16. The smallest absolute Gasteiger partial charge is 0.339 e. The number of rotatable bonds is 5. The number of ether oxygens (including phenoxy) is 1. The van der Waals surface area contributed by atoms with E-state index in [2.05, 4.69) is 10.1 Å². The molecule has 0 unspecified atom stereocenters. The van der Waals surface area contributed by atoms with Crippen LogP contribution in [0.15, 0.2) is 12.3 Å². The van der Waals surface area contributed by atoms with Crippen LogP contribution in [0.3, 0.4) is 0 Å². The third-order valence-electron chi connectivity index (χ3n) is 3.96. The molecule has 0 saturated carbocycles. The first-order chi connectivity index (χ1) is 11.6. The molecule has 2 aromatic heterocycles. The Labute approximate surface area is 148 Å². The Morgan fingerprint density at radius 1 is 1.16 bits per heavy atom. The van der Waals surface area contributed by atoms with Gasteiger partial charge in [-0.1, -0.05) is 13.8 Å². The molecule has 0 spiro atoms. The van der Waals surface area contributed by atoms with Gasteiger partial charge < -0.3 is 9.64 Å². The van der Waals surface area contributed by atoms with Crippen molar-refractivity contribution in [2.75, 3.05) is 14.1 Å². The number of nitrogens with zero attached hydrogens (tertiary/aromatic N) is 4. The van der Waals surface area contributed by atoms with E-state index in [0.29, 0.717) is 16.6 Å². The van der Waals surface area contributed by atoms with Gasteiger partial charge in [-0.2, -0.15) is 5.10 Å². The fraction of sp³-hybridized carbons (Fsp3) is 0.556. The molecular formula is C18H26N4O3. The van der Waals surface area contributed by atoms with Crippen LogP contribution in [0.2, 0.25) is 0 Å². The third-order valence-corrected chi connectivity index (χ3v) is 3.96. The van der Waals surface area contributed by atoms with Gasteiger partial charge in [-0.05, 0) is 32.8 Å². The molecular weight excluding hydrogens is 320 g/mol. The highest BCUT2D eigenvalue weighted by Gasteiger charge is 2.24. The predicted octanol–water partition coefficient (Wildman–Crippen LogP) is 2.77. The second-order valence-corrected chi connectivity index (χ2v) is 6.95. The summed E-state index contributed by atoms with van der Waals surface area (Å²) >= 11 is 0. The minimum atomic E-state index is -0.853. The maximum absolute atomic E-state index is 12.7. The number of pyridine rings is 1. The van der Waals surface area contributed by atoms with Crippen molar-refractivity contribution in [2.45, 2.75) is 52.7 Å². The van der Waals surface area contributed by atoms with Crippen LogP contribution in [-0.2, 0) is 9.53 Å². The van der Waals surface area contributed by atoms with Crippen LogP contribution >= 0.6 is 0 Å². The molecule has 25 heavy (non-hydrogen) atoms. The molecule has 0 bridgehead atoms. The highest BCUT2D eigenvalue weighted by atomic mass is 16.5. The number of carbonyl (C=O) groups is 2. The van der Waals surface area contributed by atoms with E-state index in [1.165, 1.54) is 4.90 Å². The number of hydrogen-bond donors (Lipinski definition) is 0. The van der Waals surface area contributed by atoms with Gasteiger partial charge in [0.1, 0.15) is 0 Å². The molecule has 0 radical (unpaired) electrons. The van der Waals surface area contributed by atoms with Gasteiger partial charge in [0.25, 0.3) is 5.91 Å². The second-order valence-electron chi connectivity index (χ2n) is 6.95. The van der Waals surface area contributed by atoms with E-state index in [9.17, 15) is 9.59 Å². The zero-order valence-electron chi connectivity index (χ0n) is 15.9. The Hall–Kier alpha value is -2.44. The van der Waals surface area contributed by atoms with Crippen molar-refractivity contribution in [3.63, 3.8) is 0 Å². The first kappa shape index (κ1) is 18.9. The Balaban J connectivity index is 2.49. The second kappa shape index (κ2) is 7.21. The summed E-state index contributed by atoms with van der Waals surface area (Å²) in [4.78, 5) is 30.7. The van der Waals surface area contributed by atoms with Crippen LogP contribution in [0.4, 0.5) is 0 Å². The topological polar surface area (TPSA) is 77.3 Å². The van der Waals surface area contributed by atoms with Crippen molar-refractivity contribution >= 4 is 22.9 Å². The van der Waals surface area contributed by atoms with Crippen molar-refractivity contribution in [1.29, 1.82) is 0 Å². The van der Waals surface area contributed by atoms with E-state index >= 15 is 0 Å². The van der Waals surface area contributed by atoms with Crippen LogP contribution in [0, 0.1) is 0 Å². The number of likely N-dealkylation sites (N-methyl/N-ethyl adjacent to an activating group) is 1. The summed E-state index contributed by atoms with van der Waals surface area (Å²) in [5.74, 6) is -0.659. The zero-order valence-corrected chi connectivity index (χ0v) is 15.9. The molecule has 0 aromatic carbocycles. The molecule has 1 amide bonds. The first-order valence-electron chi connectivity index (χ1n) is 8.43. The molecule has 0 aliphatic carbocycles. The third kappa shape index (κ3) is 3.81. The number of carbonyl (C=O) groups excluding carboxylic acids is 2. The van der Waals surface area contributed by atoms with Crippen molar-refractivity contribution in [2.24, 2.45) is 0 Å². The monoisotopic (exact) mass is 346 g/mol. The lowest BCUT2D eigenvalue weighted by Gasteiger charge is -2.18. The van der Waals surface area contributed by atoms with Crippen LogP contribution in [0.1, 0.15) is 62.6 Å². The van der Waals surface area contributed by atoms with Gasteiger partial charge in [-0.25, -0.2) is 14.5 Å². The SMILES string of the molecule is CC(C)c1cc(C(=O)O[C@@H](C)C(=O)N(C)C)c2cnn(C(C)C)c2n1. The molecule has 7 nitrogen and oxygen atoms in total. The molecule has 2 aromatic rings. The highest BCUT2D eigenvalue weighted by molar-refractivity contribution is 6.03. The average molecular weight is 346 g/mol. The lowest BCUT2D eigenvalue weighted by Crippen LogP contribution is -2.35. The maximum atomic E-state index is 12.7. The van der Waals surface area contributed by atoms with Crippen molar-refractivity contribution in [3.05, 3.63) is 23.5 Å². The van der Waals surface area contributed by atoms with Gasteiger partial charge in [0.2, 0.25) is 0 Å². The van der Waals surface area contributed by atoms with Crippen molar-refractivity contribution < 1.29 is 14.3 Å². The van der Waals surface area contributed by atoms with Crippen LogP contribution in [0.25, 0.3) is 11.0 Å². The molecule has 0 fully saturated rings. The molecule has 0 saturated heterocycles. The summed E-state index contributed by atoms with van der Waals surface area (Å²) in [7, 11) is 3.25. The van der Waals surface area contributed by atoms with Crippen LogP contribution in [-0.4, -0.2) is 51.7 Å². The molecule has 136 valence electrons.